The lowest BCUT2D eigenvalue weighted by molar-refractivity contribution is -0.121. The van der Waals surface area contributed by atoms with Gasteiger partial charge in [0.25, 0.3) is 5.91 Å². The highest BCUT2D eigenvalue weighted by atomic mass is 16.2. The number of rotatable bonds is 8. The van der Waals surface area contributed by atoms with Gasteiger partial charge in [-0.2, -0.15) is 0 Å². The number of ketones is 1. The normalized spacial score (nSPS) is 12.0. The van der Waals surface area contributed by atoms with Gasteiger partial charge in [-0.1, -0.05) is 32.0 Å². The Morgan fingerprint density at radius 2 is 1.61 bits per heavy atom. The van der Waals surface area contributed by atoms with E-state index in [1.807, 2.05) is 56.3 Å². The second-order valence-corrected chi connectivity index (χ2v) is 5.63. The van der Waals surface area contributed by atoms with Crippen molar-refractivity contribution in [2.75, 3.05) is 32.1 Å². The first kappa shape index (κ1) is 18.9. The average Bonchev–Trinajstić information content (AvgIpc) is 2.55. The number of carbonyl (C=O) groups excluding carboxylic acids is 2. The number of Topliss-reactive ketones (excluding diaryl/α,β-unsaturated/α-hetero) is 1. The number of nitrogens with two attached hydrogens (primary N) is 1. The molecule has 5 heteroatoms. The molecule has 1 rings (SSSR count). The van der Waals surface area contributed by atoms with Gasteiger partial charge >= 0.3 is 0 Å². The second-order valence-electron chi connectivity index (χ2n) is 5.63. The summed E-state index contributed by atoms with van der Waals surface area (Å²) < 4.78 is 0. The molecule has 0 heterocycles. The Bertz CT molecular complexity index is 565. The van der Waals surface area contributed by atoms with Crippen LogP contribution in [0.4, 0.5) is 5.69 Å². The van der Waals surface area contributed by atoms with E-state index >= 15 is 0 Å². The van der Waals surface area contributed by atoms with E-state index in [-0.39, 0.29) is 23.7 Å². The van der Waals surface area contributed by atoms with Gasteiger partial charge in [0.2, 0.25) is 0 Å². The summed E-state index contributed by atoms with van der Waals surface area (Å²) in [4.78, 5) is 28.9. The van der Waals surface area contributed by atoms with E-state index in [0.717, 1.165) is 5.69 Å². The van der Waals surface area contributed by atoms with Crippen LogP contribution >= 0.6 is 0 Å². The maximum atomic E-state index is 13.0. The first-order chi connectivity index (χ1) is 10.9. The molecule has 0 unspecified atom stereocenters. The zero-order valence-corrected chi connectivity index (χ0v) is 14.5. The highest BCUT2D eigenvalue weighted by Gasteiger charge is 2.26. The lowest BCUT2D eigenvalue weighted by atomic mass is 10.0. The lowest BCUT2D eigenvalue weighted by Crippen LogP contribution is -2.40. The number of hydrogen-bond donors (Lipinski definition) is 1. The maximum absolute atomic E-state index is 13.0. The van der Waals surface area contributed by atoms with Gasteiger partial charge in [-0.05, 0) is 32.6 Å². The summed E-state index contributed by atoms with van der Waals surface area (Å²) in [5.41, 5.74) is 7.21. The SMILES string of the molecule is CCC(=O)C(C(=O)N(CCN(C)C)c1ccccc1)=C(N)CC. The van der Waals surface area contributed by atoms with Crippen LogP contribution in [-0.4, -0.2) is 43.8 Å². The molecule has 0 atom stereocenters. The Kier molecular flexibility index (Phi) is 7.48. The average molecular weight is 317 g/mol. The van der Waals surface area contributed by atoms with Crippen molar-refractivity contribution in [3.8, 4) is 0 Å². The topological polar surface area (TPSA) is 66.6 Å². The molecule has 0 fully saturated rings. The Morgan fingerprint density at radius 1 is 1.00 bits per heavy atom. The van der Waals surface area contributed by atoms with E-state index in [0.29, 0.717) is 25.2 Å². The van der Waals surface area contributed by atoms with Crippen LogP contribution in [0, 0.1) is 0 Å². The van der Waals surface area contributed by atoms with Crippen LogP contribution < -0.4 is 10.6 Å². The smallest absolute Gasteiger partial charge is 0.263 e. The third-order valence-corrected chi connectivity index (χ3v) is 3.60. The van der Waals surface area contributed by atoms with Gasteiger partial charge < -0.3 is 15.5 Å². The van der Waals surface area contributed by atoms with Gasteiger partial charge in [0, 0.05) is 30.9 Å². The van der Waals surface area contributed by atoms with Gasteiger partial charge in [0.15, 0.2) is 5.78 Å². The van der Waals surface area contributed by atoms with Crippen LogP contribution in [0.2, 0.25) is 0 Å². The number of amides is 1. The maximum Gasteiger partial charge on any atom is 0.263 e. The fourth-order valence-corrected chi connectivity index (χ4v) is 2.18. The Balaban J connectivity index is 3.23. The second kappa shape index (κ2) is 9.10. The van der Waals surface area contributed by atoms with Gasteiger partial charge in [-0.15, -0.1) is 0 Å². The minimum absolute atomic E-state index is 0.123. The van der Waals surface area contributed by atoms with Crippen LogP contribution in [0.3, 0.4) is 0 Å². The third-order valence-electron chi connectivity index (χ3n) is 3.60. The quantitative estimate of drug-likeness (QED) is 0.453. The molecular weight excluding hydrogens is 290 g/mol. The van der Waals surface area contributed by atoms with Crippen LogP contribution in [0.15, 0.2) is 41.6 Å². The molecule has 2 N–H and O–H groups in total. The Hall–Kier alpha value is -2.14. The van der Waals surface area contributed by atoms with Gasteiger partial charge in [0.05, 0.1) is 0 Å². The van der Waals surface area contributed by atoms with Crippen molar-refractivity contribution < 1.29 is 9.59 Å². The van der Waals surface area contributed by atoms with E-state index in [2.05, 4.69) is 0 Å². The minimum atomic E-state index is -0.316. The summed E-state index contributed by atoms with van der Waals surface area (Å²) in [6, 6.07) is 9.37. The molecule has 0 aliphatic heterocycles. The standard InChI is InChI=1S/C18H27N3O2/c1-5-15(19)17(16(22)6-2)18(23)21(13-12-20(3)4)14-10-8-7-9-11-14/h7-11H,5-6,12-13,19H2,1-4H3. The third kappa shape index (κ3) is 5.21. The zero-order chi connectivity index (χ0) is 17.4. The van der Waals surface area contributed by atoms with E-state index < -0.39 is 0 Å². The summed E-state index contributed by atoms with van der Waals surface area (Å²) in [5.74, 6) is -0.524. The van der Waals surface area contributed by atoms with Crippen LogP contribution in [-0.2, 0) is 9.59 Å². The van der Waals surface area contributed by atoms with Crippen LogP contribution in [0.25, 0.3) is 0 Å². The van der Waals surface area contributed by atoms with Gasteiger partial charge in [0.1, 0.15) is 5.57 Å². The zero-order valence-electron chi connectivity index (χ0n) is 14.5. The molecule has 0 bridgehead atoms. The fourth-order valence-electron chi connectivity index (χ4n) is 2.18. The van der Waals surface area contributed by atoms with Crippen molar-refractivity contribution in [1.82, 2.24) is 4.90 Å². The fraction of sp³-hybridized carbons (Fsp3) is 0.444. The predicted molar refractivity (Wildman–Crippen MR) is 94.2 cm³/mol. The predicted octanol–water partition coefficient (Wildman–Crippen LogP) is 2.18. The first-order valence-corrected chi connectivity index (χ1v) is 7.95. The highest BCUT2D eigenvalue weighted by Crippen LogP contribution is 2.19. The largest absolute Gasteiger partial charge is 0.401 e. The number of para-hydroxylation sites is 1. The lowest BCUT2D eigenvalue weighted by Gasteiger charge is -2.26. The molecule has 0 saturated heterocycles. The van der Waals surface area contributed by atoms with Gasteiger partial charge in [-0.25, -0.2) is 0 Å². The molecule has 0 spiro atoms. The number of hydrogen-bond acceptors (Lipinski definition) is 4. The van der Waals surface area contributed by atoms with Crippen molar-refractivity contribution >= 4 is 17.4 Å². The van der Waals surface area contributed by atoms with Crippen LogP contribution in [0.5, 0.6) is 0 Å². The molecule has 1 amide bonds. The monoisotopic (exact) mass is 317 g/mol. The number of anilines is 1. The molecule has 0 aliphatic rings. The molecule has 0 saturated carbocycles. The molecule has 0 radical (unpaired) electrons. The number of nitrogens with zero attached hydrogens (tertiary/aromatic N) is 2. The number of allylic oxidation sites excluding steroid dienone is 1. The number of benzene rings is 1. The molecule has 1 aromatic rings. The molecule has 5 nitrogen and oxygen atoms in total. The minimum Gasteiger partial charge on any atom is -0.401 e. The van der Waals surface area contributed by atoms with E-state index in [9.17, 15) is 9.59 Å². The van der Waals surface area contributed by atoms with Crippen LogP contribution in [0.1, 0.15) is 26.7 Å². The van der Waals surface area contributed by atoms with E-state index in [1.54, 1.807) is 11.8 Å². The van der Waals surface area contributed by atoms with Crippen molar-refractivity contribution in [3.05, 3.63) is 41.6 Å². The molecule has 23 heavy (non-hydrogen) atoms. The molecular formula is C18H27N3O2. The number of likely N-dealkylation sites (N-methyl/N-ethyl adjacent to an activating group) is 1. The molecule has 1 aromatic carbocycles. The molecule has 0 aromatic heterocycles. The van der Waals surface area contributed by atoms with Crippen molar-refractivity contribution in [2.24, 2.45) is 5.73 Å². The number of carbonyl (C=O) groups is 2. The summed E-state index contributed by atoms with van der Waals surface area (Å²) >= 11 is 0. The first-order valence-electron chi connectivity index (χ1n) is 7.95. The Labute approximate surface area is 138 Å². The van der Waals surface area contributed by atoms with E-state index in [4.69, 9.17) is 5.73 Å². The van der Waals surface area contributed by atoms with Crippen molar-refractivity contribution in [2.45, 2.75) is 26.7 Å². The highest BCUT2D eigenvalue weighted by molar-refractivity contribution is 6.24. The molecule has 126 valence electrons. The molecule has 0 aliphatic carbocycles. The summed E-state index contributed by atoms with van der Waals surface area (Å²) in [5, 5.41) is 0. The summed E-state index contributed by atoms with van der Waals surface area (Å²) in [6.07, 6.45) is 0.737. The Morgan fingerprint density at radius 3 is 2.09 bits per heavy atom. The van der Waals surface area contributed by atoms with Crippen molar-refractivity contribution in [3.63, 3.8) is 0 Å². The summed E-state index contributed by atoms with van der Waals surface area (Å²) in [7, 11) is 3.89. The van der Waals surface area contributed by atoms with E-state index in [1.165, 1.54) is 0 Å². The van der Waals surface area contributed by atoms with Gasteiger partial charge in [-0.3, -0.25) is 9.59 Å². The van der Waals surface area contributed by atoms with Crippen molar-refractivity contribution in [1.29, 1.82) is 0 Å². The summed E-state index contributed by atoms with van der Waals surface area (Å²) in [6.45, 7) is 4.77.